The van der Waals surface area contributed by atoms with Crippen LogP contribution in [0.3, 0.4) is 0 Å². The van der Waals surface area contributed by atoms with Crippen LogP contribution in [0.15, 0.2) is 60.8 Å². The van der Waals surface area contributed by atoms with Crippen molar-refractivity contribution in [2.75, 3.05) is 11.9 Å². The van der Waals surface area contributed by atoms with Crippen LogP contribution in [0.25, 0.3) is 10.9 Å². The molecule has 0 spiro atoms. The van der Waals surface area contributed by atoms with Gasteiger partial charge in [0.05, 0.1) is 12.1 Å². The summed E-state index contributed by atoms with van der Waals surface area (Å²) in [6.07, 6.45) is 5.47. The van der Waals surface area contributed by atoms with E-state index >= 15 is 0 Å². The van der Waals surface area contributed by atoms with Crippen LogP contribution in [0, 0.1) is 0 Å². The Kier molecular flexibility index (Phi) is 5.67. The average molecular weight is 320 g/mol. The van der Waals surface area contributed by atoms with Gasteiger partial charge in [-0.25, -0.2) is 0 Å². The maximum atomic E-state index is 5.81. The Morgan fingerprint density at radius 3 is 2.83 bits per heavy atom. The number of ether oxygens (including phenoxy) is 1. The van der Waals surface area contributed by atoms with Gasteiger partial charge in [-0.1, -0.05) is 44.0 Å². The van der Waals surface area contributed by atoms with Gasteiger partial charge in [-0.3, -0.25) is 4.98 Å². The number of anilines is 1. The third-order valence-corrected chi connectivity index (χ3v) is 3.99. The minimum Gasteiger partial charge on any atom is -0.494 e. The number of nitrogens with one attached hydrogen (secondary N) is 1. The molecule has 24 heavy (non-hydrogen) atoms. The highest BCUT2D eigenvalue weighted by Gasteiger charge is 2.00. The molecule has 1 N–H and O–H groups in total. The summed E-state index contributed by atoms with van der Waals surface area (Å²) in [4.78, 5) is 4.50. The molecule has 1 heterocycles. The second-order valence-electron chi connectivity index (χ2n) is 5.97. The second-order valence-corrected chi connectivity index (χ2v) is 5.97. The predicted octanol–water partition coefficient (Wildman–Crippen LogP) is 5.42. The zero-order chi connectivity index (χ0) is 16.6. The summed E-state index contributed by atoms with van der Waals surface area (Å²) < 4.78 is 5.81. The van der Waals surface area contributed by atoms with Gasteiger partial charge in [-0.05, 0) is 36.2 Å². The molecule has 0 amide bonds. The summed E-state index contributed by atoms with van der Waals surface area (Å²) in [6.45, 7) is 3.73. The first-order valence-electron chi connectivity index (χ1n) is 8.65. The largest absolute Gasteiger partial charge is 0.494 e. The number of pyridine rings is 1. The van der Waals surface area contributed by atoms with E-state index in [0.29, 0.717) is 0 Å². The number of para-hydroxylation sites is 1. The molecule has 124 valence electrons. The van der Waals surface area contributed by atoms with E-state index < -0.39 is 0 Å². The Labute approximate surface area is 143 Å². The summed E-state index contributed by atoms with van der Waals surface area (Å²) in [5.41, 5.74) is 3.27. The molecule has 3 nitrogen and oxygen atoms in total. The van der Waals surface area contributed by atoms with E-state index in [1.54, 1.807) is 0 Å². The van der Waals surface area contributed by atoms with E-state index in [1.807, 2.05) is 36.5 Å². The lowest BCUT2D eigenvalue weighted by Gasteiger charge is -2.10. The van der Waals surface area contributed by atoms with Crippen LogP contribution >= 0.6 is 0 Å². The molecule has 0 radical (unpaired) electrons. The van der Waals surface area contributed by atoms with Gasteiger partial charge in [0.25, 0.3) is 0 Å². The van der Waals surface area contributed by atoms with Crippen molar-refractivity contribution in [3.63, 3.8) is 0 Å². The van der Waals surface area contributed by atoms with Crippen molar-refractivity contribution in [2.45, 2.75) is 32.7 Å². The number of fused-ring (bicyclic) bond motifs is 1. The van der Waals surface area contributed by atoms with Crippen LogP contribution < -0.4 is 10.1 Å². The second kappa shape index (κ2) is 8.34. The third kappa shape index (κ3) is 4.48. The normalized spacial score (nSPS) is 10.7. The first kappa shape index (κ1) is 16.3. The predicted molar refractivity (Wildman–Crippen MR) is 101 cm³/mol. The van der Waals surface area contributed by atoms with Crippen molar-refractivity contribution in [1.82, 2.24) is 4.98 Å². The zero-order valence-electron chi connectivity index (χ0n) is 14.2. The summed E-state index contributed by atoms with van der Waals surface area (Å²) in [6, 6.07) is 18.5. The van der Waals surface area contributed by atoms with Crippen LogP contribution in [0.4, 0.5) is 5.69 Å². The van der Waals surface area contributed by atoms with Gasteiger partial charge in [-0.15, -0.1) is 0 Å². The number of hydrogen-bond acceptors (Lipinski definition) is 3. The fraction of sp³-hybridized carbons (Fsp3) is 0.286. The molecule has 0 bridgehead atoms. The topological polar surface area (TPSA) is 34.1 Å². The molecule has 0 saturated carbocycles. The van der Waals surface area contributed by atoms with Gasteiger partial charge >= 0.3 is 0 Å². The van der Waals surface area contributed by atoms with Crippen LogP contribution in [0.1, 0.15) is 31.7 Å². The fourth-order valence-corrected chi connectivity index (χ4v) is 2.66. The van der Waals surface area contributed by atoms with Crippen LogP contribution in [-0.2, 0) is 6.54 Å². The molecule has 0 aliphatic carbocycles. The summed E-state index contributed by atoms with van der Waals surface area (Å²) in [7, 11) is 0. The standard InChI is InChI=1S/C21H24N2O/c1-2-3-6-12-24-20-10-7-9-19(14-20)22-15-17-13-18-8-4-5-11-21(18)23-16-17/h4-5,7-11,13-14,16,22H,2-3,6,12,15H2,1H3. The minimum absolute atomic E-state index is 0.747. The van der Waals surface area contributed by atoms with Crippen molar-refractivity contribution in [2.24, 2.45) is 0 Å². The highest BCUT2D eigenvalue weighted by atomic mass is 16.5. The molecule has 3 heteroatoms. The van der Waals surface area contributed by atoms with Gasteiger partial charge in [0, 0.05) is 29.9 Å². The Hall–Kier alpha value is -2.55. The molecule has 3 aromatic rings. The first-order valence-corrected chi connectivity index (χ1v) is 8.65. The number of hydrogen-bond donors (Lipinski definition) is 1. The number of aromatic nitrogens is 1. The van der Waals surface area contributed by atoms with Crippen molar-refractivity contribution in [3.05, 3.63) is 66.4 Å². The summed E-state index contributed by atoms with van der Waals surface area (Å²) in [5, 5.41) is 4.62. The maximum absolute atomic E-state index is 5.81. The molecule has 0 unspecified atom stereocenters. The fourth-order valence-electron chi connectivity index (χ4n) is 2.66. The quantitative estimate of drug-likeness (QED) is 0.563. The van der Waals surface area contributed by atoms with E-state index in [-0.39, 0.29) is 0 Å². The Bertz CT molecular complexity index is 785. The molecule has 1 aromatic heterocycles. The van der Waals surface area contributed by atoms with Crippen molar-refractivity contribution in [3.8, 4) is 5.75 Å². The van der Waals surface area contributed by atoms with E-state index in [9.17, 15) is 0 Å². The Balaban J connectivity index is 1.59. The lowest BCUT2D eigenvalue weighted by atomic mass is 10.1. The summed E-state index contributed by atoms with van der Waals surface area (Å²) in [5.74, 6) is 0.924. The van der Waals surface area contributed by atoms with Crippen LogP contribution in [-0.4, -0.2) is 11.6 Å². The van der Waals surface area contributed by atoms with E-state index in [2.05, 4.69) is 41.5 Å². The SMILES string of the molecule is CCCCCOc1cccc(NCc2cnc3ccccc3c2)c1. The van der Waals surface area contributed by atoms with Gasteiger partial charge in [0.1, 0.15) is 5.75 Å². The summed E-state index contributed by atoms with van der Waals surface area (Å²) >= 11 is 0. The van der Waals surface area contributed by atoms with Crippen LogP contribution in [0.5, 0.6) is 5.75 Å². The molecule has 0 atom stereocenters. The lowest BCUT2D eigenvalue weighted by Crippen LogP contribution is -2.01. The van der Waals surface area contributed by atoms with Crippen molar-refractivity contribution < 1.29 is 4.74 Å². The molecular formula is C21H24N2O. The highest BCUT2D eigenvalue weighted by Crippen LogP contribution is 2.19. The Morgan fingerprint density at radius 1 is 1.00 bits per heavy atom. The minimum atomic E-state index is 0.747. The average Bonchev–Trinajstić information content (AvgIpc) is 2.64. The molecule has 0 aliphatic heterocycles. The first-order chi connectivity index (χ1) is 11.8. The smallest absolute Gasteiger partial charge is 0.121 e. The molecule has 0 fully saturated rings. The van der Waals surface area contributed by atoms with Crippen molar-refractivity contribution in [1.29, 1.82) is 0 Å². The molecule has 0 aliphatic rings. The van der Waals surface area contributed by atoms with Crippen molar-refractivity contribution >= 4 is 16.6 Å². The molecule has 2 aromatic carbocycles. The number of unbranched alkanes of at least 4 members (excludes halogenated alkanes) is 2. The van der Waals surface area contributed by atoms with Gasteiger partial charge in [0.15, 0.2) is 0 Å². The number of nitrogens with zero attached hydrogens (tertiary/aromatic N) is 1. The van der Waals surface area contributed by atoms with Gasteiger partial charge < -0.3 is 10.1 Å². The third-order valence-electron chi connectivity index (χ3n) is 3.99. The Morgan fingerprint density at radius 2 is 1.92 bits per heavy atom. The number of rotatable bonds is 8. The van der Waals surface area contributed by atoms with Crippen LogP contribution in [0.2, 0.25) is 0 Å². The molecule has 0 saturated heterocycles. The van der Waals surface area contributed by atoms with Gasteiger partial charge in [0.2, 0.25) is 0 Å². The number of benzene rings is 2. The monoisotopic (exact) mass is 320 g/mol. The molecular weight excluding hydrogens is 296 g/mol. The van der Waals surface area contributed by atoms with Gasteiger partial charge in [-0.2, -0.15) is 0 Å². The molecule has 3 rings (SSSR count). The van der Waals surface area contributed by atoms with E-state index in [1.165, 1.54) is 23.8 Å². The maximum Gasteiger partial charge on any atom is 0.121 e. The zero-order valence-corrected chi connectivity index (χ0v) is 14.2. The highest BCUT2D eigenvalue weighted by molar-refractivity contribution is 5.78. The van der Waals surface area contributed by atoms with E-state index in [0.717, 1.165) is 36.5 Å². The lowest BCUT2D eigenvalue weighted by molar-refractivity contribution is 0.306. The van der Waals surface area contributed by atoms with E-state index in [4.69, 9.17) is 4.74 Å².